The molecular weight excluding hydrogens is 607 g/mol. The molecule has 0 saturated carbocycles. The average Bonchev–Trinajstić information content (AvgIpc) is 3.02. The number of rotatable bonds is 4. The van der Waals surface area contributed by atoms with E-state index >= 15 is 0 Å². The fraction of sp³-hybridized carbons (Fsp3) is 0.452. The Morgan fingerprint density at radius 1 is 1.02 bits per heavy atom. The minimum absolute atomic E-state index is 0.00918. The standard InChI is InChI=1S/C31H38F3N7O5/c1-4-15-45-29(43)41-14-5-16-44-24-12-6-21(7-13-24)17-35-26-38-27(40-28(39-26)46-20-31(32,33)34)37-23-10-8-22(9-11-23)25(42)36-18-30(2,3)19-41/h6-13H,4-5,14-20H2,1-3H3,(H,36,42)(H2,35,37,38,39,40). The molecule has 0 atom stereocenters. The van der Waals surface area contributed by atoms with Gasteiger partial charge in [0.15, 0.2) is 6.61 Å². The Labute approximate surface area is 265 Å². The summed E-state index contributed by atoms with van der Waals surface area (Å²) in [5.74, 6) is 0.239. The van der Waals surface area contributed by atoms with Crippen molar-refractivity contribution in [1.29, 1.82) is 0 Å². The lowest BCUT2D eigenvalue weighted by Crippen LogP contribution is -2.45. The maximum atomic E-state index is 13.0. The van der Waals surface area contributed by atoms with E-state index in [4.69, 9.17) is 14.2 Å². The van der Waals surface area contributed by atoms with E-state index in [1.54, 1.807) is 41.3 Å². The summed E-state index contributed by atoms with van der Waals surface area (Å²) < 4.78 is 54.5. The average molecular weight is 646 g/mol. The first-order chi connectivity index (χ1) is 21.9. The Balaban J connectivity index is 1.57. The predicted octanol–water partition coefficient (Wildman–Crippen LogP) is 5.56. The predicted molar refractivity (Wildman–Crippen MR) is 164 cm³/mol. The molecule has 46 heavy (non-hydrogen) atoms. The minimum atomic E-state index is -4.58. The zero-order chi connectivity index (χ0) is 33.2. The van der Waals surface area contributed by atoms with E-state index in [0.29, 0.717) is 56.1 Å². The second-order valence-corrected chi connectivity index (χ2v) is 11.5. The van der Waals surface area contributed by atoms with Gasteiger partial charge in [0.25, 0.3) is 5.91 Å². The third-order valence-electron chi connectivity index (χ3n) is 6.63. The van der Waals surface area contributed by atoms with Crippen LogP contribution in [0.15, 0.2) is 48.5 Å². The summed E-state index contributed by atoms with van der Waals surface area (Å²) >= 11 is 0. The van der Waals surface area contributed by atoms with Crippen LogP contribution in [0.2, 0.25) is 0 Å². The van der Waals surface area contributed by atoms with E-state index in [-0.39, 0.29) is 30.9 Å². The first kappa shape index (κ1) is 34.1. The summed E-state index contributed by atoms with van der Waals surface area (Å²) in [6.07, 6.45) is -3.74. The first-order valence-electron chi connectivity index (χ1n) is 14.9. The van der Waals surface area contributed by atoms with Gasteiger partial charge in [-0.2, -0.15) is 28.1 Å². The number of carbonyl (C=O) groups excluding carboxylic acids is 2. The second-order valence-electron chi connectivity index (χ2n) is 11.5. The van der Waals surface area contributed by atoms with Crippen LogP contribution in [0.1, 0.15) is 49.5 Å². The first-order valence-corrected chi connectivity index (χ1v) is 14.9. The number of alkyl halides is 3. The van der Waals surface area contributed by atoms with Crippen molar-refractivity contribution in [3.63, 3.8) is 0 Å². The van der Waals surface area contributed by atoms with Crippen LogP contribution in [0.25, 0.3) is 0 Å². The Morgan fingerprint density at radius 2 is 1.74 bits per heavy atom. The normalized spacial score (nSPS) is 15.9. The molecule has 15 heteroatoms. The smallest absolute Gasteiger partial charge is 0.422 e. The van der Waals surface area contributed by atoms with Crippen molar-refractivity contribution in [2.24, 2.45) is 5.41 Å². The molecule has 2 aromatic carbocycles. The van der Waals surface area contributed by atoms with Crippen LogP contribution in [-0.2, 0) is 11.3 Å². The summed E-state index contributed by atoms with van der Waals surface area (Å²) in [6, 6.07) is 13.1. The van der Waals surface area contributed by atoms with Crippen molar-refractivity contribution in [3.8, 4) is 11.8 Å². The Kier molecular flexibility index (Phi) is 11.4. The number of amides is 2. The zero-order valence-electron chi connectivity index (χ0n) is 25.9. The molecule has 7 rings (SSSR count). The van der Waals surface area contributed by atoms with Crippen molar-refractivity contribution in [3.05, 3.63) is 59.7 Å². The van der Waals surface area contributed by atoms with Crippen LogP contribution in [0.3, 0.4) is 0 Å². The van der Waals surface area contributed by atoms with E-state index in [0.717, 1.165) is 5.56 Å². The Bertz CT molecular complexity index is 1450. The van der Waals surface area contributed by atoms with Gasteiger partial charge in [-0.05, 0) is 60.2 Å². The third-order valence-corrected chi connectivity index (χ3v) is 6.63. The van der Waals surface area contributed by atoms with Gasteiger partial charge in [-0.25, -0.2) is 4.79 Å². The van der Waals surface area contributed by atoms with E-state index < -0.39 is 30.3 Å². The maximum Gasteiger partial charge on any atom is 0.422 e. The number of anilines is 3. The fourth-order valence-corrected chi connectivity index (χ4v) is 4.38. The largest absolute Gasteiger partial charge is 0.494 e. The van der Waals surface area contributed by atoms with Crippen molar-refractivity contribution in [2.45, 2.75) is 46.3 Å². The van der Waals surface area contributed by atoms with E-state index in [1.807, 2.05) is 32.9 Å². The van der Waals surface area contributed by atoms with E-state index in [2.05, 4.69) is 30.9 Å². The monoisotopic (exact) mass is 645 g/mol. The number of benzene rings is 2. The molecule has 0 saturated heterocycles. The summed E-state index contributed by atoms with van der Waals surface area (Å²) in [6.45, 7) is 6.21. The summed E-state index contributed by atoms with van der Waals surface area (Å²) in [4.78, 5) is 39.6. The SMILES string of the molecule is CCCOC(=O)N1CCCOc2ccc(cc2)CNc2nc(nc(OCC(F)(F)F)n2)Nc2ccc(cc2)C(=O)NCC(C)(C)C1. The number of hydrogen-bond donors (Lipinski definition) is 3. The molecule has 5 heterocycles. The number of ether oxygens (including phenoxy) is 3. The molecule has 3 aromatic rings. The van der Waals surface area contributed by atoms with Crippen LogP contribution in [0.4, 0.5) is 35.5 Å². The van der Waals surface area contributed by atoms with Gasteiger partial charge in [0.1, 0.15) is 5.75 Å². The van der Waals surface area contributed by atoms with Crippen LogP contribution >= 0.6 is 0 Å². The highest BCUT2D eigenvalue weighted by Crippen LogP contribution is 2.22. The number of nitrogens with zero attached hydrogens (tertiary/aromatic N) is 4. The lowest BCUT2D eigenvalue weighted by Gasteiger charge is -2.32. The number of halogens is 3. The van der Waals surface area contributed by atoms with Gasteiger partial charge < -0.3 is 35.1 Å². The zero-order valence-corrected chi connectivity index (χ0v) is 25.9. The molecule has 12 nitrogen and oxygen atoms in total. The van der Waals surface area contributed by atoms with Crippen LogP contribution in [-0.4, -0.2) is 77.5 Å². The molecule has 4 aliphatic rings. The summed E-state index contributed by atoms with van der Waals surface area (Å²) in [5, 5.41) is 8.82. The highest BCUT2D eigenvalue weighted by atomic mass is 19.4. The van der Waals surface area contributed by atoms with Crippen molar-refractivity contribution in [2.75, 3.05) is 50.1 Å². The van der Waals surface area contributed by atoms with Crippen LogP contribution in [0, 0.1) is 5.41 Å². The van der Waals surface area contributed by atoms with E-state index in [9.17, 15) is 22.8 Å². The topological polar surface area (TPSA) is 140 Å². The number of carbonyl (C=O) groups is 2. The van der Waals surface area contributed by atoms with Gasteiger partial charge in [-0.1, -0.05) is 32.9 Å². The second kappa shape index (κ2) is 15.5. The van der Waals surface area contributed by atoms with Crippen molar-refractivity contribution >= 4 is 29.6 Å². The minimum Gasteiger partial charge on any atom is -0.494 e. The number of hydrogen-bond acceptors (Lipinski definition) is 10. The van der Waals surface area contributed by atoms with Gasteiger partial charge in [-0.15, -0.1) is 0 Å². The number of aromatic nitrogens is 3. The molecule has 0 fully saturated rings. The summed E-state index contributed by atoms with van der Waals surface area (Å²) in [5.41, 5.74) is 1.20. The molecule has 0 aliphatic carbocycles. The highest BCUT2D eigenvalue weighted by molar-refractivity contribution is 5.94. The maximum absolute atomic E-state index is 13.0. The number of nitrogens with one attached hydrogen (secondary N) is 3. The molecule has 0 unspecified atom stereocenters. The molecule has 0 radical (unpaired) electrons. The third kappa shape index (κ3) is 11.0. The van der Waals surface area contributed by atoms with Crippen LogP contribution < -0.4 is 25.4 Å². The molecule has 3 N–H and O–H groups in total. The molecular formula is C31H38F3N7O5. The summed E-state index contributed by atoms with van der Waals surface area (Å²) in [7, 11) is 0. The molecule has 1 aromatic heterocycles. The molecule has 2 amide bonds. The molecule has 248 valence electrons. The highest BCUT2D eigenvalue weighted by Gasteiger charge is 2.29. The lowest BCUT2D eigenvalue weighted by atomic mass is 9.92. The van der Waals surface area contributed by atoms with E-state index in [1.165, 1.54) is 0 Å². The fourth-order valence-electron chi connectivity index (χ4n) is 4.38. The van der Waals surface area contributed by atoms with Gasteiger partial charge in [0.2, 0.25) is 11.9 Å². The molecule has 6 bridgehead atoms. The molecule has 4 aliphatic heterocycles. The molecule has 0 spiro atoms. The van der Waals surface area contributed by atoms with Crippen LogP contribution in [0.5, 0.6) is 11.8 Å². The lowest BCUT2D eigenvalue weighted by molar-refractivity contribution is -0.154. The van der Waals surface area contributed by atoms with Gasteiger partial charge in [-0.3, -0.25) is 4.79 Å². The Morgan fingerprint density at radius 3 is 2.43 bits per heavy atom. The van der Waals surface area contributed by atoms with Crippen molar-refractivity contribution < 1.29 is 37.0 Å². The van der Waals surface area contributed by atoms with Gasteiger partial charge in [0, 0.05) is 37.4 Å². The van der Waals surface area contributed by atoms with Gasteiger partial charge in [0.05, 0.1) is 13.2 Å². The Hall–Kier alpha value is -4.82. The quantitative estimate of drug-likeness (QED) is 0.331. The van der Waals surface area contributed by atoms with Gasteiger partial charge >= 0.3 is 18.3 Å². The van der Waals surface area contributed by atoms with Crippen molar-refractivity contribution in [1.82, 2.24) is 25.2 Å².